The highest BCUT2D eigenvalue weighted by Gasteiger charge is 2.33. The largest absolute Gasteiger partial charge is 0.369 e. The van der Waals surface area contributed by atoms with Crippen LogP contribution in [0, 0.1) is 6.92 Å². The van der Waals surface area contributed by atoms with Crippen LogP contribution in [0.1, 0.15) is 54.7 Å². The van der Waals surface area contributed by atoms with Crippen LogP contribution in [0.25, 0.3) is 0 Å². The summed E-state index contributed by atoms with van der Waals surface area (Å²) in [6, 6.07) is 20.1. The smallest absolute Gasteiger partial charge is 0.173 e. The fourth-order valence-electron chi connectivity index (χ4n) is 4.94. The first-order chi connectivity index (χ1) is 14.8. The van der Waals surface area contributed by atoms with Gasteiger partial charge in [-0.2, -0.15) is 0 Å². The molecule has 1 saturated carbocycles. The first kappa shape index (κ1) is 19.2. The van der Waals surface area contributed by atoms with Crippen LogP contribution in [0.5, 0.6) is 0 Å². The Hall–Kier alpha value is -2.73. The van der Waals surface area contributed by atoms with Crippen LogP contribution in [0.15, 0.2) is 54.6 Å². The van der Waals surface area contributed by atoms with Crippen molar-refractivity contribution in [3.63, 3.8) is 0 Å². The number of aromatic nitrogens is 4. The van der Waals surface area contributed by atoms with Crippen molar-refractivity contribution in [1.82, 2.24) is 25.1 Å². The van der Waals surface area contributed by atoms with E-state index in [2.05, 4.69) is 91.5 Å². The van der Waals surface area contributed by atoms with Gasteiger partial charge in [0.25, 0.3) is 0 Å². The molecular weight excluding hydrogens is 372 g/mol. The first-order valence-electron chi connectivity index (χ1n) is 11.2. The minimum atomic E-state index is 0.0964. The summed E-state index contributed by atoms with van der Waals surface area (Å²) in [5, 5.41) is 13.1. The van der Waals surface area contributed by atoms with E-state index in [0.29, 0.717) is 6.04 Å². The summed E-state index contributed by atoms with van der Waals surface area (Å²) < 4.78 is 2.13. The summed E-state index contributed by atoms with van der Waals surface area (Å²) >= 11 is 0. The van der Waals surface area contributed by atoms with Gasteiger partial charge >= 0.3 is 0 Å². The Morgan fingerprint density at radius 2 is 1.57 bits per heavy atom. The molecule has 1 saturated heterocycles. The topological polar surface area (TPSA) is 50.1 Å². The van der Waals surface area contributed by atoms with Gasteiger partial charge in [0.05, 0.1) is 12.1 Å². The molecule has 1 aliphatic heterocycles. The lowest BCUT2D eigenvalue weighted by atomic mass is 10.0. The van der Waals surface area contributed by atoms with E-state index >= 15 is 0 Å². The van der Waals surface area contributed by atoms with Crippen LogP contribution in [-0.2, 0) is 0 Å². The lowest BCUT2D eigenvalue weighted by Crippen LogP contribution is -2.48. The van der Waals surface area contributed by atoms with E-state index in [-0.39, 0.29) is 6.04 Å². The third-order valence-corrected chi connectivity index (χ3v) is 6.63. The predicted octanol–water partition coefficient (Wildman–Crippen LogP) is 4.01. The van der Waals surface area contributed by atoms with E-state index in [4.69, 9.17) is 0 Å². The normalized spacial score (nSPS) is 19.3. The lowest BCUT2D eigenvalue weighted by molar-refractivity contribution is 0.197. The van der Waals surface area contributed by atoms with Gasteiger partial charge in [-0.1, -0.05) is 60.9 Å². The van der Waals surface area contributed by atoms with Crippen molar-refractivity contribution < 1.29 is 0 Å². The minimum Gasteiger partial charge on any atom is -0.369 e. The number of hydrogen-bond donors (Lipinski definition) is 0. The molecule has 1 aromatic heterocycles. The molecule has 3 aromatic rings. The molecule has 1 atom stereocenters. The highest BCUT2D eigenvalue weighted by Crippen LogP contribution is 2.34. The number of aryl methyl sites for hydroxylation is 1. The zero-order valence-electron chi connectivity index (χ0n) is 17.7. The molecule has 2 aliphatic rings. The van der Waals surface area contributed by atoms with Crippen molar-refractivity contribution in [3.05, 3.63) is 71.5 Å². The van der Waals surface area contributed by atoms with Gasteiger partial charge in [0.1, 0.15) is 0 Å². The second-order valence-electron chi connectivity index (χ2n) is 8.59. The Morgan fingerprint density at radius 3 is 2.27 bits per heavy atom. The highest BCUT2D eigenvalue weighted by atomic mass is 15.6. The maximum absolute atomic E-state index is 4.56. The molecule has 0 amide bonds. The molecule has 6 nitrogen and oxygen atoms in total. The van der Waals surface area contributed by atoms with Crippen LogP contribution in [-0.4, -0.2) is 51.3 Å². The maximum Gasteiger partial charge on any atom is 0.173 e. The van der Waals surface area contributed by atoms with E-state index < -0.39 is 0 Å². The second-order valence-corrected chi connectivity index (χ2v) is 8.59. The number of hydrogen-bond acceptors (Lipinski definition) is 5. The fraction of sp³-hybridized carbons (Fsp3) is 0.458. The van der Waals surface area contributed by atoms with E-state index in [1.165, 1.54) is 42.5 Å². The van der Waals surface area contributed by atoms with Gasteiger partial charge in [0.15, 0.2) is 5.82 Å². The Morgan fingerprint density at radius 1 is 0.867 bits per heavy atom. The third kappa shape index (κ3) is 3.84. The van der Waals surface area contributed by atoms with Crippen molar-refractivity contribution in [2.45, 2.75) is 44.7 Å². The average Bonchev–Trinajstić information content (AvgIpc) is 3.48. The predicted molar refractivity (Wildman–Crippen MR) is 119 cm³/mol. The Kier molecular flexibility index (Phi) is 5.49. The molecule has 156 valence electrons. The molecule has 0 radical (unpaired) electrons. The molecule has 30 heavy (non-hydrogen) atoms. The zero-order valence-corrected chi connectivity index (χ0v) is 17.7. The molecule has 1 aliphatic carbocycles. The van der Waals surface area contributed by atoms with E-state index in [0.717, 1.165) is 32.0 Å². The molecule has 2 heterocycles. The number of benzene rings is 2. The summed E-state index contributed by atoms with van der Waals surface area (Å²) in [7, 11) is 0. The average molecular weight is 403 g/mol. The molecule has 0 unspecified atom stereocenters. The summed E-state index contributed by atoms with van der Waals surface area (Å²) in [4.78, 5) is 5.03. The monoisotopic (exact) mass is 402 g/mol. The van der Waals surface area contributed by atoms with Crippen molar-refractivity contribution in [3.8, 4) is 0 Å². The first-order valence-corrected chi connectivity index (χ1v) is 11.2. The van der Waals surface area contributed by atoms with Crippen LogP contribution < -0.4 is 4.90 Å². The highest BCUT2D eigenvalue weighted by molar-refractivity contribution is 5.46. The lowest BCUT2D eigenvalue weighted by Gasteiger charge is -2.40. The minimum absolute atomic E-state index is 0.0964. The number of rotatable bonds is 5. The van der Waals surface area contributed by atoms with Crippen molar-refractivity contribution in [2.75, 3.05) is 31.1 Å². The summed E-state index contributed by atoms with van der Waals surface area (Å²) in [5.41, 5.74) is 3.87. The number of nitrogens with zero attached hydrogens (tertiary/aromatic N) is 6. The number of para-hydroxylation sites is 1. The van der Waals surface area contributed by atoms with E-state index in [9.17, 15) is 0 Å². The van der Waals surface area contributed by atoms with Gasteiger partial charge in [-0.25, -0.2) is 4.68 Å². The van der Waals surface area contributed by atoms with Crippen LogP contribution in [0.4, 0.5) is 5.69 Å². The van der Waals surface area contributed by atoms with Gasteiger partial charge in [0.2, 0.25) is 0 Å². The molecule has 6 heteroatoms. The Balaban J connectivity index is 1.43. The van der Waals surface area contributed by atoms with Gasteiger partial charge in [-0.15, -0.1) is 5.10 Å². The summed E-state index contributed by atoms with van der Waals surface area (Å²) in [6.45, 7) is 6.14. The molecule has 0 bridgehead atoms. The van der Waals surface area contributed by atoms with Crippen molar-refractivity contribution >= 4 is 5.69 Å². The van der Waals surface area contributed by atoms with Gasteiger partial charge in [-0.05, 0) is 47.9 Å². The SMILES string of the molecule is Cc1ccc([C@H](c2nnnn2C2CCCC2)N2CCN(c3ccccc3)CC2)cc1. The molecule has 0 N–H and O–H groups in total. The quantitative estimate of drug-likeness (QED) is 0.645. The third-order valence-electron chi connectivity index (χ3n) is 6.63. The number of piperazine rings is 1. The van der Waals surface area contributed by atoms with E-state index in [1.807, 2.05) is 0 Å². The van der Waals surface area contributed by atoms with Crippen LogP contribution >= 0.6 is 0 Å². The molecule has 5 rings (SSSR count). The maximum atomic E-state index is 4.56. The summed E-state index contributed by atoms with van der Waals surface area (Å²) in [6.07, 6.45) is 4.91. The standard InChI is InChI=1S/C24H30N6/c1-19-11-13-20(14-12-19)23(24-25-26-27-30(24)22-9-5-6-10-22)29-17-15-28(16-18-29)21-7-3-2-4-8-21/h2-4,7-8,11-14,22-23H,5-6,9-10,15-18H2,1H3/t23-/m1/s1. The Labute approximate surface area is 178 Å². The molecule has 0 spiro atoms. The fourth-order valence-corrected chi connectivity index (χ4v) is 4.94. The zero-order chi connectivity index (χ0) is 20.3. The van der Waals surface area contributed by atoms with Crippen LogP contribution in [0.2, 0.25) is 0 Å². The number of anilines is 1. The van der Waals surface area contributed by atoms with Gasteiger partial charge < -0.3 is 4.90 Å². The van der Waals surface area contributed by atoms with Gasteiger partial charge in [-0.3, -0.25) is 4.90 Å². The summed E-state index contributed by atoms with van der Waals surface area (Å²) in [5.74, 6) is 0.999. The molecule has 2 fully saturated rings. The molecular formula is C24H30N6. The van der Waals surface area contributed by atoms with Gasteiger partial charge in [0, 0.05) is 31.9 Å². The van der Waals surface area contributed by atoms with E-state index in [1.54, 1.807) is 0 Å². The van der Waals surface area contributed by atoms with Crippen molar-refractivity contribution in [1.29, 1.82) is 0 Å². The van der Waals surface area contributed by atoms with Crippen molar-refractivity contribution in [2.24, 2.45) is 0 Å². The second kappa shape index (κ2) is 8.56. The Bertz CT molecular complexity index is 937. The molecule has 2 aromatic carbocycles. The van der Waals surface area contributed by atoms with Crippen LogP contribution in [0.3, 0.4) is 0 Å². The number of tetrazole rings is 1.